The molecular formula is C88H60N8Ni. The van der Waals surface area contributed by atoms with E-state index in [0.29, 0.717) is 0 Å². The van der Waals surface area contributed by atoms with Crippen molar-refractivity contribution < 1.29 is 16.5 Å². The summed E-state index contributed by atoms with van der Waals surface area (Å²) >= 11 is 0. The Bertz CT molecular complexity index is 4720. The van der Waals surface area contributed by atoms with Gasteiger partial charge in [-0.3, -0.25) is 0 Å². The monoisotopic (exact) mass is 1290 g/mol. The van der Waals surface area contributed by atoms with Gasteiger partial charge in [0.05, 0.1) is 45.6 Å². The van der Waals surface area contributed by atoms with E-state index in [2.05, 4.69) is 311 Å². The minimum absolute atomic E-state index is 0. The maximum absolute atomic E-state index is 5.35. The maximum Gasteiger partial charge on any atom is 0.0737 e. The molecule has 0 fully saturated rings. The van der Waals surface area contributed by atoms with Crippen LogP contribution in [-0.4, -0.2) is 39.9 Å². The van der Waals surface area contributed by atoms with Gasteiger partial charge in [0, 0.05) is 105 Å². The number of aromatic amines is 4. The number of aromatic nitrogens is 8. The van der Waals surface area contributed by atoms with Crippen molar-refractivity contribution in [3.8, 4) is 89.0 Å². The zero-order chi connectivity index (χ0) is 63.7. The van der Waals surface area contributed by atoms with Gasteiger partial charge in [0.15, 0.2) is 0 Å². The Morgan fingerprint density at radius 2 is 0.258 bits per heavy atom. The minimum Gasteiger partial charge on any atom is -0.354 e. The number of benzene rings is 8. The van der Waals surface area contributed by atoms with Crippen molar-refractivity contribution in [2.75, 3.05) is 0 Å². The van der Waals surface area contributed by atoms with E-state index in [1.165, 1.54) is 0 Å². The van der Waals surface area contributed by atoms with Crippen LogP contribution in [0.2, 0.25) is 0 Å². The number of nitrogens with one attached hydrogen (secondary N) is 4. The molecule has 0 unspecified atom stereocenters. The minimum atomic E-state index is 0. The number of rotatable bonds is 8. The average Bonchev–Trinajstić information content (AvgIpc) is 1.65. The van der Waals surface area contributed by atoms with Gasteiger partial charge in [0.25, 0.3) is 0 Å². The third kappa shape index (κ3) is 11.5. The molecule has 0 spiro atoms. The van der Waals surface area contributed by atoms with Gasteiger partial charge in [-0.2, -0.15) is 0 Å². The second kappa shape index (κ2) is 26.1. The Morgan fingerprint density at radius 3 is 0.371 bits per heavy atom. The van der Waals surface area contributed by atoms with Crippen LogP contribution in [0.3, 0.4) is 0 Å². The maximum atomic E-state index is 5.35. The van der Waals surface area contributed by atoms with Crippen LogP contribution in [-0.2, 0) is 16.5 Å². The van der Waals surface area contributed by atoms with Crippen LogP contribution in [0.4, 0.5) is 0 Å². The first-order valence-corrected chi connectivity index (χ1v) is 32.4. The molecule has 97 heavy (non-hydrogen) atoms. The fraction of sp³-hybridized carbons (Fsp3) is 0. The molecule has 9 heteroatoms. The zero-order valence-corrected chi connectivity index (χ0v) is 53.4. The number of fused-ring (bicyclic) bond motifs is 16. The summed E-state index contributed by atoms with van der Waals surface area (Å²) < 4.78 is 0. The largest absolute Gasteiger partial charge is 0.354 e. The fourth-order valence-electron chi connectivity index (χ4n) is 13.7. The topological polar surface area (TPSA) is 115 Å². The molecule has 4 aliphatic heterocycles. The Labute approximate surface area is 571 Å². The number of hydrogen-bond acceptors (Lipinski definition) is 4. The van der Waals surface area contributed by atoms with Crippen LogP contribution in [0, 0.1) is 0 Å². The van der Waals surface area contributed by atoms with Crippen LogP contribution in [0.25, 0.3) is 182 Å². The molecule has 0 saturated carbocycles. The molecule has 18 rings (SSSR count). The molecule has 4 aliphatic rings. The zero-order valence-electron chi connectivity index (χ0n) is 52.4. The molecule has 6 aromatic heterocycles. The van der Waals surface area contributed by atoms with Crippen molar-refractivity contribution in [1.29, 1.82) is 0 Å². The Kier molecular flexibility index (Phi) is 16.0. The van der Waals surface area contributed by atoms with Crippen LogP contribution in [0.15, 0.2) is 291 Å². The molecule has 0 amide bonds. The first-order chi connectivity index (χ1) is 47.6. The van der Waals surface area contributed by atoms with Gasteiger partial charge in [-0.05, 0) is 142 Å². The first-order valence-electron chi connectivity index (χ1n) is 32.4. The van der Waals surface area contributed by atoms with Crippen molar-refractivity contribution in [2.24, 2.45) is 0 Å². The van der Waals surface area contributed by atoms with Gasteiger partial charge in [0.2, 0.25) is 0 Å². The molecule has 8 aromatic carbocycles. The van der Waals surface area contributed by atoms with Crippen molar-refractivity contribution in [3.05, 3.63) is 337 Å². The summed E-state index contributed by atoms with van der Waals surface area (Å²) in [6, 6.07) is 101. The van der Waals surface area contributed by atoms with Gasteiger partial charge in [-0.15, -0.1) is 0 Å². The second-order valence-electron chi connectivity index (χ2n) is 23.9. The third-order valence-electron chi connectivity index (χ3n) is 18.0. The standard InChI is InChI=1S/2C44H30N4.Ni/c2*1-5-13-29(14-6-1)41-33-21-23-35(45-33)42(30-15-7-2-8-16-30)37-25-27-39(47-37)44(32-19-11-4-12-20-32)40-28-26-38(48-40)43(31-17-9-3-10-18-31)36-24-22-34(41)46-36;/h2*1-28,45,48H;. The van der Waals surface area contributed by atoms with Crippen LogP contribution >= 0.6 is 0 Å². The molecule has 14 aromatic rings. The van der Waals surface area contributed by atoms with Crippen molar-refractivity contribution in [3.63, 3.8) is 0 Å². The molecule has 0 aliphatic carbocycles. The van der Waals surface area contributed by atoms with Gasteiger partial charge in [-0.25, -0.2) is 19.9 Å². The Balaban J connectivity index is 0.000000151. The molecule has 10 heterocycles. The fourth-order valence-corrected chi connectivity index (χ4v) is 13.7. The number of H-pyrrole nitrogens is 4. The summed E-state index contributed by atoms with van der Waals surface area (Å²) in [6.07, 6.45) is 17.1. The molecule has 0 saturated heterocycles. The molecule has 8 nitrogen and oxygen atoms in total. The summed E-state index contributed by atoms with van der Waals surface area (Å²) in [5.41, 5.74) is 32.3. The molecule has 0 atom stereocenters. The number of nitrogens with zero attached hydrogens (tertiary/aromatic N) is 4. The van der Waals surface area contributed by atoms with Crippen molar-refractivity contribution in [2.45, 2.75) is 0 Å². The summed E-state index contributed by atoms with van der Waals surface area (Å²) in [4.78, 5) is 36.6. The number of hydrogen-bond donors (Lipinski definition) is 4. The van der Waals surface area contributed by atoms with E-state index in [0.717, 1.165) is 179 Å². The summed E-state index contributed by atoms with van der Waals surface area (Å²) in [5.74, 6) is 0. The predicted molar refractivity (Wildman–Crippen MR) is 401 cm³/mol. The molecule has 16 bridgehead atoms. The van der Waals surface area contributed by atoms with E-state index in [-0.39, 0.29) is 16.5 Å². The van der Waals surface area contributed by atoms with Crippen LogP contribution in [0.1, 0.15) is 45.6 Å². The molecule has 0 radical (unpaired) electrons. The predicted octanol–water partition coefficient (Wildman–Crippen LogP) is 22.6. The Morgan fingerprint density at radius 1 is 0.144 bits per heavy atom. The summed E-state index contributed by atoms with van der Waals surface area (Å²) in [7, 11) is 0. The van der Waals surface area contributed by atoms with Crippen molar-refractivity contribution >= 4 is 92.7 Å². The second-order valence-corrected chi connectivity index (χ2v) is 23.9. The van der Waals surface area contributed by atoms with E-state index in [9.17, 15) is 0 Å². The average molecular weight is 1290 g/mol. The normalized spacial score (nSPS) is 11.9. The van der Waals surface area contributed by atoms with Crippen LogP contribution < -0.4 is 0 Å². The molecule has 4 N–H and O–H groups in total. The summed E-state index contributed by atoms with van der Waals surface area (Å²) in [5, 5.41) is 0. The van der Waals surface area contributed by atoms with Gasteiger partial charge < -0.3 is 19.9 Å². The first kappa shape index (κ1) is 59.5. The smallest absolute Gasteiger partial charge is 0.0737 e. The van der Waals surface area contributed by atoms with E-state index >= 15 is 0 Å². The third-order valence-corrected chi connectivity index (χ3v) is 18.0. The Hall–Kier alpha value is -12.5. The quantitative estimate of drug-likeness (QED) is 0.113. The van der Waals surface area contributed by atoms with Gasteiger partial charge >= 0.3 is 0 Å². The van der Waals surface area contributed by atoms with E-state index in [1.807, 2.05) is 48.5 Å². The van der Waals surface area contributed by atoms with Gasteiger partial charge in [0.1, 0.15) is 0 Å². The molecule has 462 valence electrons. The van der Waals surface area contributed by atoms with E-state index in [4.69, 9.17) is 19.9 Å². The molecular weight excluding hydrogens is 1230 g/mol. The van der Waals surface area contributed by atoms with Crippen LogP contribution in [0.5, 0.6) is 0 Å². The SMILES string of the molecule is C1=Cc2nc1c(-c1ccccc1)c1ccc([nH]1)c(-c1ccccc1)c1nc(c(-c3ccccc3)c3ccc([nH]3)c2-c2ccccc2)C=C1.C1=Cc2nc1c(-c1ccccc1)c1ccc([nH]1)c(-c1ccccc1)c1nc(c(-c3ccccc3)c3ccc([nH]3)c2-c2ccccc2)C=C1.[Ni]. The summed E-state index contributed by atoms with van der Waals surface area (Å²) in [6.45, 7) is 0. The van der Waals surface area contributed by atoms with Crippen molar-refractivity contribution in [1.82, 2.24) is 39.9 Å². The van der Waals surface area contributed by atoms with E-state index in [1.54, 1.807) is 0 Å². The van der Waals surface area contributed by atoms with E-state index < -0.39 is 0 Å². The van der Waals surface area contributed by atoms with Gasteiger partial charge in [-0.1, -0.05) is 243 Å².